The topological polar surface area (TPSA) is 58.7 Å². The number of ether oxygens (including phenoxy) is 1. The number of hydrogen-bond acceptors (Lipinski definition) is 5. The highest BCUT2D eigenvalue weighted by molar-refractivity contribution is 6.33. The van der Waals surface area contributed by atoms with Crippen molar-refractivity contribution < 1.29 is 14.4 Å². The number of rotatable bonds is 6. The van der Waals surface area contributed by atoms with Gasteiger partial charge in [0.15, 0.2) is 5.76 Å². The molecule has 1 N–H and O–H groups in total. The molecule has 0 bridgehead atoms. The number of nitrogens with zero attached hydrogens (tertiary/aromatic N) is 2. The minimum atomic E-state index is 0.211. The monoisotopic (exact) mass is 460 g/mol. The Morgan fingerprint density at radius 1 is 1.06 bits per heavy atom. The zero-order valence-electron chi connectivity index (χ0n) is 18.6. The number of phenolic OH excluding ortho intramolecular Hbond substituents is 1. The Bertz CT molecular complexity index is 1280. The maximum absolute atomic E-state index is 9.87. The van der Waals surface area contributed by atoms with Gasteiger partial charge in [-0.25, -0.2) is 0 Å². The van der Waals surface area contributed by atoms with Crippen molar-refractivity contribution in [1.82, 2.24) is 10.1 Å². The maximum Gasteiger partial charge on any atom is 0.175 e. The molecule has 1 aliphatic heterocycles. The molecule has 33 heavy (non-hydrogen) atoms. The second kappa shape index (κ2) is 8.93. The molecule has 4 aromatic rings. The summed E-state index contributed by atoms with van der Waals surface area (Å²) in [5.41, 5.74) is 5.03. The Kier molecular flexibility index (Phi) is 5.83. The molecule has 1 aliphatic rings. The van der Waals surface area contributed by atoms with Crippen LogP contribution < -0.4 is 4.74 Å². The van der Waals surface area contributed by atoms with E-state index in [9.17, 15) is 5.11 Å². The molecule has 5 rings (SSSR count). The maximum atomic E-state index is 9.87. The highest BCUT2D eigenvalue weighted by Gasteiger charge is 2.27. The molecular weight excluding hydrogens is 436 g/mol. The van der Waals surface area contributed by atoms with Gasteiger partial charge in [0, 0.05) is 24.2 Å². The van der Waals surface area contributed by atoms with Crippen molar-refractivity contribution in [2.24, 2.45) is 0 Å². The molecule has 1 aromatic heterocycles. The number of likely N-dealkylation sites (tertiary alicyclic amines) is 1. The standard InChI is InChI=1S/C27H25ClN2O3/c1-3-30-15-21(16-30)32-20-11-8-18(9-12-20)25-26(23-6-4-5-7-24(23)28)29-33-27(25)22-13-10-19(31)14-17(22)2/h4-14,21,31H,3,15-16H2,1-2H3. The summed E-state index contributed by atoms with van der Waals surface area (Å²) in [6.07, 6.45) is 0.236. The second-order valence-electron chi connectivity index (χ2n) is 8.33. The van der Waals surface area contributed by atoms with Crippen molar-refractivity contribution >= 4 is 11.6 Å². The first kappa shape index (κ1) is 21.6. The smallest absolute Gasteiger partial charge is 0.175 e. The average Bonchev–Trinajstić information content (AvgIpc) is 3.21. The lowest BCUT2D eigenvalue weighted by molar-refractivity contribution is 0.0238. The molecule has 1 saturated heterocycles. The summed E-state index contributed by atoms with van der Waals surface area (Å²) >= 11 is 6.52. The van der Waals surface area contributed by atoms with Gasteiger partial charge in [-0.15, -0.1) is 0 Å². The van der Waals surface area contributed by atoms with Crippen molar-refractivity contribution in [3.8, 4) is 45.2 Å². The number of aromatic hydroxyl groups is 1. The number of likely N-dealkylation sites (N-methyl/N-ethyl adjacent to an activating group) is 1. The van der Waals surface area contributed by atoms with Crippen LogP contribution >= 0.6 is 11.6 Å². The van der Waals surface area contributed by atoms with Crippen LogP contribution in [0.15, 0.2) is 71.3 Å². The largest absolute Gasteiger partial charge is 0.508 e. The molecule has 0 amide bonds. The van der Waals surface area contributed by atoms with Gasteiger partial charge >= 0.3 is 0 Å². The van der Waals surface area contributed by atoms with E-state index in [1.165, 1.54) is 0 Å². The van der Waals surface area contributed by atoms with Crippen LogP contribution in [0.5, 0.6) is 11.5 Å². The third kappa shape index (κ3) is 4.22. The van der Waals surface area contributed by atoms with Gasteiger partial charge in [-0.1, -0.05) is 54.0 Å². The zero-order valence-corrected chi connectivity index (χ0v) is 19.3. The first-order valence-electron chi connectivity index (χ1n) is 11.1. The molecule has 0 aliphatic carbocycles. The van der Waals surface area contributed by atoms with Crippen LogP contribution in [-0.2, 0) is 0 Å². The zero-order chi connectivity index (χ0) is 22.9. The van der Waals surface area contributed by atoms with Crippen LogP contribution in [0, 0.1) is 6.92 Å². The highest BCUT2D eigenvalue weighted by atomic mass is 35.5. The summed E-state index contributed by atoms with van der Waals surface area (Å²) in [7, 11) is 0. The van der Waals surface area contributed by atoms with E-state index in [-0.39, 0.29) is 11.9 Å². The Labute approximate surface area is 198 Å². The Morgan fingerprint density at radius 2 is 1.82 bits per heavy atom. The van der Waals surface area contributed by atoms with E-state index in [1.807, 2.05) is 61.5 Å². The molecular formula is C27H25ClN2O3. The lowest BCUT2D eigenvalue weighted by Gasteiger charge is -2.38. The van der Waals surface area contributed by atoms with Crippen molar-refractivity contribution in [1.29, 1.82) is 0 Å². The molecule has 6 heteroatoms. The van der Waals surface area contributed by atoms with Gasteiger partial charge < -0.3 is 14.4 Å². The van der Waals surface area contributed by atoms with Gasteiger partial charge in [0.1, 0.15) is 23.3 Å². The molecule has 0 saturated carbocycles. The third-order valence-electron chi connectivity index (χ3n) is 6.09. The fraction of sp³-hybridized carbons (Fsp3) is 0.222. The number of aromatic nitrogens is 1. The van der Waals surface area contributed by atoms with Crippen LogP contribution in [0.4, 0.5) is 0 Å². The third-order valence-corrected chi connectivity index (χ3v) is 6.42. The Hall–Kier alpha value is -3.28. The van der Waals surface area contributed by atoms with Crippen LogP contribution in [0.1, 0.15) is 12.5 Å². The van der Waals surface area contributed by atoms with E-state index >= 15 is 0 Å². The number of phenols is 1. The quantitative estimate of drug-likeness (QED) is 0.359. The highest BCUT2D eigenvalue weighted by Crippen LogP contribution is 2.43. The van der Waals surface area contributed by atoms with Crippen LogP contribution in [0.25, 0.3) is 33.7 Å². The number of aryl methyl sites for hydroxylation is 1. The summed E-state index contributed by atoms with van der Waals surface area (Å²) < 4.78 is 12.0. The molecule has 1 fully saturated rings. The fourth-order valence-electron chi connectivity index (χ4n) is 4.23. The first-order chi connectivity index (χ1) is 16.0. The summed E-state index contributed by atoms with van der Waals surface area (Å²) in [6, 6.07) is 20.8. The molecule has 5 nitrogen and oxygen atoms in total. The minimum absolute atomic E-state index is 0.211. The van der Waals surface area contributed by atoms with Crippen LogP contribution in [0.3, 0.4) is 0 Å². The summed E-state index contributed by atoms with van der Waals surface area (Å²) in [5.74, 6) is 1.69. The second-order valence-corrected chi connectivity index (χ2v) is 8.74. The number of halogens is 1. The normalized spacial score (nSPS) is 14.3. The lowest BCUT2D eigenvalue weighted by atomic mass is 9.94. The van der Waals surface area contributed by atoms with E-state index < -0.39 is 0 Å². The number of benzene rings is 3. The predicted octanol–water partition coefficient (Wildman–Crippen LogP) is 6.43. The molecule has 0 radical (unpaired) electrons. The lowest BCUT2D eigenvalue weighted by Crippen LogP contribution is -2.53. The van der Waals surface area contributed by atoms with Crippen molar-refractivity contribution in [2.45, 2.75) is 20.0 Å². The van der Waals surface area contributed by atoms with Gasteiger partial charge in [0.05, 0.1) is 10.6 Å². The first-order valence-corrected chi connectivity index (χ1v) is 11.4. The molecule has 0 spiro atoms. The summed E-state index contributed by atoms with van der Waals surface area (Å²) in [5, 5.41) is 14.9. The van der Waals surface area contributed by atoms with Gasteiger partial charge in [0.2, 0.25) is 0 Å². The van der Waals surface area contributed by atoms with Crippen LogP contribution in [-0.4, -0.2) is 40.9 Å². The van der Waals surface area contributed by atoms with Crippen molar-refractivity contribution in [2.75, 3.05) is 19.6 Å². The Balaban J connectivity index is 1.56. The van der Waals surface area contributed by atoms with Crippen molar-refractivity contribution in [3.63, 3.8) is 0 Å². The molecule has 0 atom stereocenters. The van der Waals surface area contributed by atoms with Gasteiger partial charge in [-0.2, -0.15) is 0 Å². The Morgan fingerprint density at radius 3 is 2.52 bits per heavy atom. The van der Waals surface area contributed by atoms with Gasteiger partial charge in [-0.3, -0.25) is 4.90 Å². The van der Waals surface area contributed by atoms with Gasteiger partial charge in [0.25, 0.3) is 0 Å². The predicted molar refractivity (Wildman–Crippen MR) is 131 cm³/mol. The minimum Gasteiger partial charge on any atom is -0.508 e. The van der Waals surface area contributed by atoms with E-state index in [1.54, 1.807) is 12.1 Å². The van der Waals surface area contributed by atoms with E-state index in [0.29, 0.717) is 16.5 Å². The summed E-state index contributed by atoms with van der Waals surface area (Å²) in [6.45, 7) is 7.08. The number of hydrogen-bond donors (Lipinski definition) is 1. The molecule has 0 unspecified atom stereocenters. The molecule has 2 heterocycles. The molecule has 3 aromatic carbocycles. The fourth-order valence-corrected chi connectivity index (χ4v) is 4.45. The molecule has 168 valence electrons. The van der Waals surface area contributed by atoms with E-state index in [2.05, 4.69) is 17.0 Å². The van der Waals surface area contributed by atoms with Gasteiger partial charge in [-0.05, 0) is 61.0 Å². The van der Waals surface area contributed by atoms with Crippen LogP contribution in [0.2, 0.25) is 5.02 Å². The average molecular weight is 461 g/mol. The SMILES string of the molecule is CCN1CC(Oc2ccc(-c3c(-c4ccccc4Cl)noc3-c3ccc(O)cc3C)cc2)C1. The summed E-state index contributed by atoms with van der Waals surface area (Å²) in [4.78, 5) is 2.35. The van der Waals surface area contributed by atoms with E-state index in [4.69, 9.17) is 20.9 Å². The van der Waals surface area contributed by atoms with Crippen molar-refractivity contribution in [3.05, 3.63) is 77.3 Å². The van der Waals surface area contributed by atoms with E-state index in [0.717, 1.165) is 53.2 Å².